The fourth-order valence-electron chi connectivity index (χ4n) is 2.49. The summed E-state index contributed by atoms with van der Waals surface area (Å²) in [5, 5.41) is 10.2. The molecule has 0 saturated carbocycles. The summed E-state index contributed by atoms with van der Waals surface area (Å²) in [6, 6.07) is 11.4. The van der Waals surface area contributed by atoms with Crippen LogP contribution in [-0.4, -0.2) is 23.5 Å². The molecule has 0 aliphatic rings. The first-order chi connectivity index (χ1) is 12.1. The van der Waals surface area contributed by atoms with Crippen LogP contribution in [0.2, 0.25) is 0 Å². The summed E-state index contributed by atoms with van der Waals surface area (Å²) in [7, 11) is 0. The van der Waals surface area contributed by atoms with Gasteiger partial charge in [0.05, 0.1) is 23.4 Å². The second kappa shape index (κ2) is 8.87. The minimum Gasteiger partial charge on any atom is -0.505 e. The number of hydrogen-bond donors (Lipinski definition) is 2. The van der Waals surface area contributed by atoms with Crippen LogP contribution in [0.4, 0.5) is 5.69 Å². The van der Waals surface area contributed by atoms with Crippen LogP contribution in [0, 0.1) is 0 Å². The van der Waals surface area contributed by atoms with Crippen molar-refractivity contribution in [3.05, 3.63) is 59.2 Å². The lowest BCUT2D eigenvalue weighted by Gasteiger charge is -2.11. The zero-order valence-corrected chi connectivity index (χ0v) is 14.3. The van der Waals surface area contributed by atoms with Crippen LogP contribution in [0.1, 0.15) is 58.9 Å². The van der Waals surface area contributed by atoms with Gasteiger partial charge < -0.3 is 15.6 Å². The van der Waals surface area contributed by atoms with Crippen molar-refractivity contribution in [3.8, 4) is 5.75 Å². The lowest BCUT2D eigenvalue weighted by Crippen LogP contribution is -2.11. The fraction of sp³-hybridized carbons (Fsp3) is 0.300. The van der Waals surface area contributed by atoms with Gasteiger partial charge >= 0.3 is 5.97 Å². The molecule has 0 amide bonds. The van der Waals surface area contributed by atoms with E-state index in [0.29, 0.717) is 12.2 Å². The molecule has 0 heterocycles. The topological polar surface area (TPSA) is 89.6 Å². The maximum absolute atomic E-state index is 12.4. The van der Waals surface area contributed by atoms with E-state index in [9.17, 15) is 14.7 Å². The monoisotopic (exact) mass is 341 g/mol. The van der Waals surface area contributed by atoms with E-state index in [2.05, 4.69) is 6.92 Å². The number of benzene rings is 2. The molecule has 0 aromatic heterocycles. The summed E-state index contributed by atoms with van der Waals surface area (Å²) >= 11 is 0. The summed E-state index contributed by atoms with van der Waals surface area (Å²) in [5.41, 5.74) is 6.27. The molecule has 0 spiro atoms. The number of aromatic hydroxyl groups is 1. The number of phenolic OH excluding ortho intramolecular Hbond substituents is 1. The first-order valence-electron chi connectivity index (χ1n) is 8.44. The summed E-state index contributed by atoms with van der Waals surface area (Å²) < 4.78 is 5.18. The van der Waals surface area contributed by atoms with Crippen LogP contribution < -0.4 is 5.73 Å². The van der Waals surface area contributed by atoms with Gasteiger partial charge in [0, 0.05) is 5.56 Å². The average Bonchev–Trinajstić information content (AvgIpc) is 2.63. The first kappa shape index (κ1) is 18.5. The van der Waals surface area contributed by atoms with Gasteiger partial charge in [0.15, 0.2) is 11.5 Å². The zero-order chi connectivity index (χ0) is 18.2. The predicted octanol–water partition coefficient (Wildman–Crippen LogP) is 3.94. The van der Waals surface area contributed by atoms with Gasteiger partial charge in [-0.15, -0.1) is 0 Å². The molecular formula is C20H23NO4. The number of carbonyl (C=O) groups excluding carboxylic acids is 2. The summed E-state index contributed by atoms with van der Waals surface area (Å²) in [6.45, 7) is 2.41. The number of hydrogen-bond acceptors (Lipinski definition) is 5. The molecule has 0 aliphatic heterocycles. The van der Waals surface area contributed by atoms with Gasteiger partial charge in [0.25, 0.3) is 0 Å². The average molecular weight is 341 g/mol. The van der Waals surface area contributed by atoms with Crippen molar-refractivity contribution >= 4 is 17.4 Å². The minimum atomic E-state index is -0.594. The lowest BCUT2D eigenvalue weighted by molar-refractivity contribution is 0.0498. The van der Waals surface area contributed by atoms with E-state index < -0.39 is 11.7 Å². The van der Waals surface area contributed by atoms with Crippen LogP contribution in [0.3, 0.4) is 0 Å². The Morgan fingerprint density at radius 2 is 1.68 bits per heavy atom. The van der Waals surface area contributed by atoms with Crippen molar-refractivity contribution in [2.45, 2.75) is 32.6 Å². The molecule has 0 bridgehead atoms. The van der Waals surface area contributed by atoms with E-state index in [0.717, 1.165) is 25.7 Å². The van der Waals surface area contributed by atoms with Crippen LogP contribution >= 0.6 is 0 Å². The number of unbranched alkanes of at least 4 members (excludes halogenated alkanes) is 3. The number of rotatable bonds is 8. The molecule has 2 rings (SSSR count). The lowest BCUT2D eigenvalue weighted by atomic mass is 9.99. The Bertz CT molecular complexity index is 741. The molecule has 2 aromatic rings. The maximum atomic E-state index is 12.4. The highest BCUT2D eigenvalue weighted by Crippen LogP contribution is 2.31. The van der Waals surface area contributed by atoms with Crippen molar-refractivity contribution in [2.75, 3.05) is 12.3 Å². The zero-order valence-electron chi connectivity index (χ0n) is 14.3. The Morgan fingerprint density at radius 1 is 1.00 bits per heavy atom. The van der Waals surface area contributed by atoms with Gasteiger partial charge in [-0.1, -0.05) is 56.5 Å². The molecule has 132 valence electrons. The fourth-order valence-corrected chi connectivity index (χ4v) is 2.49. The largest absolute Gasteiger partial charge is 0.505 e. The van der Waals surface area contributed by atoms with E-state index in [4.69, 9.17) is 10.5 Å². The number of phenols is 1. The van der Waals surface area contributed by atoms with E-state index in [1.54, 1.807) is 30.3 Å². The molecule has 0 unspecified atom stereocenters. The maximum Gasteiger partial charge on any atom is 0.340 e. The Balaban J connectivity index is 2.12. The van der Waals surface area contributed by atoms with Gasteiger partial charge in [-0.3, -0.25) is 4.79 Å². The highest BCUT2D eigenvalue weighted by molar-refractivity contribution is 6.12. The summed E-state index contributed by atoms with van der Waals surface area (Å²) in [4.78, 5) is 24.5. The molecule has 5 heteroatoms. The molecule has 25 heavy (non-hydrogen) atoms. The van der Waals surface area contributed by atoms with Crippen LogP contribution in [0.25, 0.3) is 0 Å². The Labute approximate surface area is 147 Å². The van der Waals surface area contributed by atoms with Crippen molar-refractivity contribution in [3.63, 3.8) is 0 Å². The third kappa shape index (κ3) is 4.59. The highest BCUT2D eigenvalue weighted by atomic mass is 16.5. The van der Waals surface area contributed by atoms with Crippen molar-refractivity contribution < 1.29 is 19.4 Å². The van der Waals surface area contributed by atoms with Gasteiger partial charge in [0.1, 0.15) is 0 Å². The standard InChI is InChI=1S/C20H23NO4/c1-2-3-4-8-13-25-20(24)15-11-12-16(19(23)17(15)21)18(22)14-9-6-5-7-10-14/h5-7,9-12,23H,2-4,8,13,21H2,1H3. The molecule has 2 aromatic carbocycles. The second-order valence-electron chi connectivity index (χ2n) is 5.81. The number of anilines is 1. The van der Waals surface area contributed by atoms with Crippen molar-refractivity contribution in [1.82, 2.24) is 0 Å². The molecule has 5 nitrogen and oxygen atoms in total. The number of ether oxygens (including phenoxy) is 1. The van der Waals surface area contributed by atoms with Crippen molar-refractivity contribution in [2.24, 2.45) is 0 Å². The van der Waals surface area contributed by atoms with E-state index >= 15 is 0 Å². The van der Waals surface area contributed by atoms with Crippen molar-refractivity contribution in [1.29, 1.82) is 0 Å². The Kier molecular flexibility index (Phi) is 6.57. The van der Waals surface area contributed by atoms with E-state index in [1.165, 1.54) is 12.1 Å². The molecule has 0 saturated heterocycles. The Morgan fingerprint density at radius 3 is 2.36 bits per heavy atom. The van der Waals surface area contributed by atoms with Gasteiger partial charge in [-0.05, 0) is 18.6 Å². The summed E-state index contributed by atoms with van der Waals surface area (Å²) in [6.07, 6.45) is 3.98. The van der Waals surface area contributed by atoms with Crippen LogP contribution in [0.5, 0.6) is 5.75 Å². The van der Waals surface area contributed by atoms with Crippen LogP contribution in [-0.2, 0) is 4.74 Å². The number of nitrogen functional groups attached to an aromatic ring is 1. The Hall–Kier alpha value is -2.82. The number of nitrogens with two attached hydrogens (primary N) is 1. The number of ketones is 1. The molecule has 0 atom stereocenters. The quantitative estimate of drug-likeness (QED) is 0.249. The third-order valence-corrected chi connectivity index (χ3v) is 3.95. The third-order valence-electron chi connectivity index (χ3n) is 3.95. The smallest absolute Gasteiger partial charge is 0.340 e. The van der Waals surface area contributed by atoms with E-state index in [-0.39, 0.29) is 22.6 Å². The first-order valence-corrected chi connectivity index (χ1v) is 8.44. The van der Waals surface area contributed by atoms with Gasteiger partial charge in [0.2, 0.25) is 0 Å². The molecular weight excluding hydrogens is 318 g/mol. The molecule has 3 N–H and O–H groups in total. The van der Waals surface area contributed by atoms with Crippen LogP contribution in [0.15, 0.2) is 42.5 Å². The molecule has 0 fully saturated rings. The molecule has 0 radical (unpaired) electrons. The van der Waals surface area contributed by atoms with Gasteiger partial charge in [-0.25, -0.2) is 4.79 Å². The second-order valence-corrected chi connectivity index (χ2v) is 5.81. The predicted molar refractivity (Wildman–Crippen MR) is 96.8 cm³/mol. The highest BCUT2D eigenvalue weighted by Gasteiger charge is 2.21. The normalized spacial score (nSPS) is 10.4. The SMILES string of the molecule is CCCCCCOC(=O)c1ccc(C(=O)c2ccccc2)c(O)c1N. The summed E-state index contributed by atoms with van der Waals surface area (Å²) in [5.74, 6) is -1.35. The van der Waals surface area contributed by atoms with E-state index in [1.807, 2.05) is 0 Å². The van der Waals surface area contributed by atoms with Gasteiger partial charge in [-0.2, -0.15) is 0 Å². The minimum absolute atomic E-state index is 0.0585. The molecule has 0 aliphatic carbocycles. The number of esters is 1. The number of carbonyl (C=O) groups is 2.